The zero-order chi connectivity index (χ0) is 18.9. The van der Waals surface area contributed by atoms with E-state index in [4.69, 9.17) is 16.2 Å². The predicted octanol–water partition coefficient (Wildman–Crippen LogP) is 2.41. The summed E-state index contributed by atoms with van der Waals surface area (Å²) in [5.74, 6) is 0.841. The zero-order valence-electron chi connectivity index (χ0n) is 15.4. The van der Waals surface area contributed by atoms with E-state index in [1.54, 1.807) is 24.4 Å². The molecular weight excluding hydrogens is 330 g/mol. The topological polar surface area (TPSA) is 107 Å². The van der Waals surface area contributed by atoms with Crippen molar-refractivity contribution in [3.8, 4) is 0 Å². The smallest absolute Gasteiger partial charge is 0.252 e. The molecule has 7 heteroatoms. The van der Waals surface area contributed by atoms with E-state index < -0.39 is 5.91 Å². The van der Waals surface area contributed by atoms with Crippen molar-refractivity contribution in [2.45, 2.75) is 45.3 Å². The number of allylic oxidation sites excluding steroid dienone is 1. The third-order valence-corrected chi connectivity index (χ3v) is 4.36. The van der Waals surface area contributed by atoms with Gasteiger partial charge in [0, 0.05) is 18.8 Å². The van der Waals surface area contributed by atoms with Crippen LogP contribution in [0.4, 0.5) is 11.6 Å². The van der Waals surface area contributed by atoms with E-state index in [-0.39, 0.29) is 11.6 Å². The molecule has 1 aromatic heterocycles. The lowest BCUT2D eigenvalue weighted by atomic mass is 10.0. The Kier molecular flexibility index (Phi) is 4.71. The molecule has 0 atom stereocenters. The van der Waals surface area contributed by atoms with Crippen LogP contribution in [0, 0.1) is 0 Å². The zero-order valence-corrected chi connectivity index (χ0v) is 15.4. The number of hydrogen-bond acceptors (Lipinski definition) is 6. The van der Waals surface area contributed by atoms with Gasteiger partial charge in [-0.05, 0) is 45.7 Å². The van der Waals surface area contributed by atoms with Crippen molar-refractivity contribution in [1.29, 1.82) is 0 Å². The summed E-state index contributed by atoms with van der Waals surface area (Å²) in [7, 11) is 0. The van der Waals surface area contributed by atoms with Crippen LogP contribution in [0.5, 0.6) is 0 Å². The maximum absolute atomic E-state index is 11.9. The van der Waals surface area contributed by atoms with Gasteiger partial charge in [-0.2, -0.15) is 0 Å². The molecule has 0 saturated heterocycles. The molecule has 138 valence electrons. The van der Waals surface area contributed by atoms with E-state index >= 15 is 0 Å². The van der Waals surface area contributed by atoms with Gasteiger partial charge in [-0.1, -0.05) is 11.6 Å². The van der Waals surface area contributed by atoms with Gasteiger partial charge in [0.2, 0.25) is 0 Å². The van der Waals surface area contributed by atoms with Gasteiger partial charge < -0.3 is 21.1 Å². The highest BCUT2D eigenvalue weighted by molar-refractivity contribution is 5.98. The second-order valence-corrected chi connectivity index (χ2v) is 7.30. The molecule has 1 amide bonds. The number of hydrogen-bond donors (Lipinski definition) is 2. The molecule has 1 aliphatic heterocycles. The minimum absolute atomic E-state index is 0.243. The van der Waals surface area contributed by atoms with Gasteiger partial charge in [-0.15, -0.1) is 0 Å². The summed E-state index contributed by atoms with van der Waals surface area (Å²) in [6.45, 7) is 6.89. The van der Waals surface area contributed by atoms with Crippen molar-refractivity contribution in [3.63, 3.8) is 0 Å². The molecule has 1 aliphatic carbocycles. The lowest BCUT2D eigenvalue weighted by Crippen LogP contribution is -2.40. The van der Waals surface area contributed by atoms with Crippen molar-refractivity contribution < 1.29 is 9.53 Å². The van der Waals surface area contributed by atoms with Gasteiger partial charge in [0.15, 0.2) is 11.7 Å². The van der Waals surface area contributed by atoms with Crippen molar-refractivity contribution in [2.24, 2.45) is 16.5 Å². The number of carbonyl (C=O) groups excluding carboxylic acids is 1. The molecule has 2 heterocycles. The highest BCUT2D eigenvalue weighted by atomic mass is 16.5. The summed E-state index contributed by atoms with van der Waals surface area (Å²) < 4.78 is 5.44. The Bertz CT molecular complexity index is 806. The number of aliphatic imine (C=N–C) groups is 1. The molecule has 1 fully saturated rings. The fourth-order valence-electron chi connectivity index (χ4n) is 3.04. The summed E-state index contributed by atoms with van der Waals surface area (Å²) in [5.41, 5.74) is 12.7. The fourth-order valence-corrected chi connectivity index (χ4v) is 3.04. The minimum atomic E-state index is -0.509. The lowest BCUT2D eigenvalue weighted by Gasteiger charge is -2.33. The van der Waals surface area contributed by atoms with Gasteiger partial charge in [0.25, 0.3) is 5.91 Å². The second kappa shape index (κ2) is 6.82. The Morgan fingerprint density at radius 2 is 2.12 bits per heavy atom. The quantitative estimate of drug-likeness (QED) is 0.463. The van der Waals surface area contributed by atoms with E-state index in [9.17, 15) is 4.79 Å². The molecule has 3 rings (SSSR count). The first-order valence-electron chi connectivity index (χ1n) is 8.69. The van der Waals surface area contributed by atoms with Crippen LogP contribution in [0.3, 0.4) is 0 Å². The van der Waals surface area contributed by atoms with E-state index in [0.29, 0.717) is 29.6 Å². The fraction of sp³-hybridized carbons (Fsp3) is 0.421. The van der Waals surface area contributed by atoms with Crippen LogP contribution >= 0.6 is 0 Å². The molecule has 4 N–H and O–H groups in total. The normalized spacial score (nSPS) is 19.7. The first-order chi connectivity index (χ1) is 12.3. The summed E-state index contributed by atoms with van der Waals surface area (Å²) in [6, 6.07) is 3.32. The Labute approximate surface area is 153 Å². The van der Waals surface area contributed by atoms with Gasteiger partial charge in [0.1, 0.15) is 11.9 Å². The Hall–Kier alpha value is -2.83. The number of carbonyl (C=O) groups is 1. The minimum Gasteiger partial charge on any atom is -0.476 e. The summed E-state index contributed by atoms with van der Waals surface area (Å²) in [5, 5.41) is 0. The number of pyridine rings is 1. The molecule has 26 heavy (non-hydrogen) atoms. The average Bonchev–Trinajstić information content (AvgIpc) is 3.30. The summed E-state index contributed by atoms with van der Waals surface area (Å²) >= 11 is 0. The number of ether oxygens (including phenoxy) is 1. The van der Waals surface area contributed by atoms with Gasteiger partial charge in [-0.25, -0.2) is 9.98 Å². The summed E-state index contributed by atoms with van der Waals surface area (Å²) in [4.78, 5) is 22.8. The van der Waals surface area contributed by atoms with Gasteiger partial charge in [0.05, 0.1) is 11.1 Å². The molecule has 1 saturated carbocycles. The van der Waals surface area contributed by atoms with Crippen LogP contribution < -0.4 is 16.4 Å². The molecular formula is C19H25N5O2. The first-order valence-corrected chi connectivity index (χ1v) is 8.69. The maximum Gasteiger partial charge on any atom is 0.252 e. The molecule has 0 unspecified atom stereocenters. The van der Waals surface area contributed by atoms with Gasteiger partial charge in [-0.3, -0.25) is 4.79 Å². The monoisotopic (exact) mass is 355 g/mol. The Balaban J connectivity index is 1.86. The molecule has 0 spiro atoms. The number of primary amides is 1. The lowest BCUT2D eigenvalue weighted by molar-refractivity contribution is 0.100. The largest absolute Gasteiger partial charge is 0.476 e. The van der Waals surface area contributed by atoms with E-state index in [0.717, 1.165) is 12.8 Å². The van der Waals surface area contributed by atoms with E-state index in [1.807, 2.05) is 0 Å². The number of nitrogens with zero attached hydrogens (tertiary/aromatic N) is 3. The number of amides is 1. The van der Waals surface area contributed by atoms with Crippen molar-refractivity contribution in [2.75, 3.05) is 11.4 Å². The second-order valence-electron chi connectivity index (χ2n) is 7.30. The van der Waals surface area contributed by atoms with E-state index in [1.165, 1.54) is 5.57 Å². The van der Waals surface area contributed by atoms with Crippen LogP contribution in [0.25, 0.3) is 0 Å². The number of nitrogens with two attached hydrogens (primary N) is 2. The van der Waals surface area contributed by atoms with Crippen molar-refractivity contribution in [3.05, 3.63) is 41.3 Å². The standard InChI is InChI=1S/C19H25N5O2/c1-12-10-19(2,3)24(11-12)18-14(17(21)25)6-7-16(23-18)22-9-8-15(20)26-13-4-5-13/h6-10,13H,4-5,11,20H2,1-3H3,(H2,21,25). The SMILES string of the molecule is CC1=CC(C)(C)N(c2nc(N=CC=C(N)OC3CC3)ccc2C(N)=O)C1. The van der Waals surface area contributed by atoms with Crippen LogP contribution in [0.1, 0.15) is 44.0 Å². The number of aromatic nitrogens is 1. The number of anilines is 1. The Morgan fingerprint density at radius 1 is 1.38 bits per heavy atom. The molecule has 0 bridgehead atoms. The van der Waals surface area contributed by atoms with Crippen LogP contribution in [-0.2, 0) is 4.74 Å². The Morgan fingerprint density at radius 3 is 2.69 bits per heavy atom. The molecule has 1 aromatic rings. The van der Waals surface area contributed by atoms with Crippen molar-refractivity contribution in [1.82, 2.24) is 4.98 Å². The third-order valence-electron chi connectivity index (χ3n) is 4.36. The van der Waals surface area contributed by atoms with Crippen molar-refractivity contribution >= 4 is 23.8 Å². The van der Waals surface area contributed by atoms with Crippen LogP contribution in [0.15, 0.2) is 40.7 Å². The van der Waals surface area contributed by atoms with Crippen LogP contribution in [0.2, 0.25) is 0 Å². The molecule has 0 aromatic carbocycles. The van der Waals surface area contributed by atoms with Gasteiger partial charge >= 0.3 is 0 Å². The molecule has 0 radical (unpaired) electrons. The first kappa shape index (κ1) is 18.0. The highest BCUT2D eigenvalue weighted by Gasteiger charge is 2.33. The number of rotatable bonds is 6. The average molecular weight is 355 g/mol. The third kappa shape index (κ3) is 4.04. The van der Waals surface area contributed by atoms with E-state index in [2.05, 4.69) is 41.7 Å². The predicted molar refractivity (Wildman–Crippen MR) is 102 cm³/mol. The molecule has 7 nitrogen and oxygen atoms in total. The summed E-state index contributed by atoms with van der Waals surface area (Å²) in [6.07, 6.45) is 7.65. The molecule has 2 aliphatic rings. The highest BCUT2D eigenvalue weighted by Crippen LogP contribution is 2.34. The van der Waals surface area contributed by atoms with Crippen LogP contribution in [-0.4, -0.2) is 35.3 Å². The maximum atomic E-state index is 11.9.